The monoisotopic (exact) mass is 504 g/mol. The van der Waals surface area contributed by atoms with E-state index >= 15 is 0 Å². The first-order valence-corrected chi connectivity index (χ1v) is 12.7. The number of anilines is 2. The van der Waals surface area contributed by atoms with Crippen LogP contribution in [0, 0.1) is 11.6 Å². The Hall–Kier alpha value is -3.70. The normalized spacial score (nSPS) is 11.9. The minimum Gasteiger partial charge on any atom is -0.495 e. The summed E-state index contributed by atoms with van der Waals surface area (Å²) in [6.07, 6.45) is 0. The molecular formula is C23H18F2N2O5S2. The van der Waals surface area contributed by atoms with Gasteiger partial charge in [0.1, 0.15) is 22.3 Å². The highest BCUT2D eigenvalue weighted by Gasteiger charge is 2.25. The van der Waals surface area contributed by atoms with Crippen molar-refractivity contribution in [3.63, 3.8) is 0 Å². The maximum absolute atomic E-state index is 14.1. The molecule has 0 aliphatic carbocycles. The third kappa shape index (κ3) is 4.52. The molecule has 2 N–H and O–H groups in total. The number of ether oxygens (including phenoxy) is 1. The number of fused-ring (bicyclic) bond motifs is 1. The van der Waals surface area contributed by atoms with E-state index in [0.717, 1.165) is 12.1 Å². The average Bonchev–Trinajstić information content (AvgIpc) is 2.80. The van der Waals surface area contributed by atoms with Crippen LogP contribution in [0.3, 0.4) is 0 Å². The van der Waals surface area contributed by atoms with E-state index < -0.39 is 31.7 Å². The van der Waals surface area contributed by atoms with E-state index in [1.54, 1.807) is 0 Å². The van der Waals surface area contributed by atoms with Crippen LogP contribution in [0.4, 0.5) is 20.2 Å². The van der Waals surface area contributed by atoms with Gasteiger partial charge in [-0.25, -0.2) is 25.6 Å². The van der Waals surface area contributed by atoms with Crippen LogP contribution in [0.1, 0.15) is 0 Å². The van der Waals surface area contributed by atoms with Gasteiger partial charge in [-0.15, -0.1) is 0 Å². The van der Waals surface area contributed by atoms with Crippen LogP contribution in [0.25, 0.3) is 10.8 Å². The Morgan fingerprint density at radius 1 is 0.706 bits per heavy atom. The summed E-state index contributed by atoms with van der Waals surface area (Å²) < 4.78 is 89.5. The molecule has 7 nitrogen and oxygen atoms in total. The highest BCUT2D eigenvalue weighted by molar-refractivity contribution is 7.93. The lowest BCUT2D eigenvalue weighted by Crippen LogP contribution is -2.16. The van der Waals surface area contributed by atoms with Gasteiger partial charge >= 0.3 is 0 Å². The average molecular weight is 505 g/mol. The Morgan fingerprint density at radius 3 is 1.82 bits per heavy atom. The summed E-state index contributed by atoms with van der Waals surface area (Å²) in [6.45, 7) is 0. The van der Waals surface area contributed by atoms with Gasteiger partial charge in [0.05, 0.1) is 23.4 Å². The maximum atomic E-state index is 14.1. The lowest BCUT2D eigenvalue weighted by atomic mass is 10.1. The second-order valence-corrected chi connectivity index (χ2v) is 10.5. The number of rotatable bonds is 7. The number of hydrogen-bond acceptors (Lipinski definition) is 5. The number of sulfonamides is 2. The third-order valence-corrected chi connectivity index (χ3v) is 7.75. The first-order valence-electron chi connectivity index (χ1n) is 9.78. The summed E-state index contributed by atoms with van der Waals surface area (Å²) in [5, 5.41) is 0.402. The van der Waals surface area contributed by atoms with Crippen molar-refractivity contribution in [1.29, 1.82) is 0 Å². The van der Waals surface area contributed by atoms with E-state index in [0.29, 0.717) is 0 Å². The number of halogens is 2. The molecule has 34 heavy (non-hydrogen) atoms. The largest absolute Gasteiger partial charge is 0.495 e. The molecule has 4 aromatic carbocycles. The minimum atomic E-state index is -4.34. The van der Waals surface area contributed by atoms with Crippen molar-refractivity contribution in [2.24, 2.45) is 0 Å². The summed E-state index contributed by atoms with van der Waals surface area (Å²) in [7, 11) is -7.24. The fourth-order valence-electron chi connectivity index (χ4n) is 3.35. The van der Waals surface area contributed by atoms with Crippen molar-refractivity contribution >= 4 is 42.2 Å². The van der Waals surface area contributed by atoms with Gasteiger partial charge in [-0.2, -0.15) is 0 Å². The van der Waals surface area contributed by atoms with Crippen LogP contribution >= 0.6 is 0 Å². The van der Waals surface area contributed by atoms with Gasteiger partial charge in [-0.05, 0) is 47.9 Å². The molecule has 176 valence electrons. The standard InChI is InChI=1S/C23H18F2N2O5S2/c1-32-22-13-10-15-14-16(33(28,29)26-20-8-4-2-6-18(20)24)11-12-17(15)23(22)34(30,31)27-21-9-5-3-7-19(21)25/h2-14,26-27H,1H3. The molecule has 4 aromatic rings. The number of methoxy groups -OCH3 is 1. The SMILES string of the molecule is COc1ccc2cc(S(=O)(=O)Nc3ccccc3F)ccc2c1S(=O)(=O)Nc1ccccc1F. The molecule has 0 fully saturated rings. The van der Waals surface area contributed by atoms with Crippen molar-refractivity contribution in [2.75, 3.05) is 16.6 Å². The number of hydrogen-bond donors (Lipinski definition) is 2. The zero-order valence-electron chi connectivity index (χ0n) is 17.6. The quantitative estimate of drug-likeness (QED) is 0.379. The number of nitrogens with one attached hydrogen (secondary N) is 2. The predicted octanol–water partition coefficient (Wildman–Crippen LogP) is 4.73. The van der Waals surface area contributed by atoms with Gasteiger partial charge in [0.2, 0.25) is 0 Å². The zero-order valence-corrected chi connectivity index (χ0v) is 19.3. The fourth-order valence-corrected chi connectivity index (χ4v) is 5.90. The molecule has 0 atom stereocenters. The van der Waals surface area contributed by atoms with E-state index in [9.17, 15) is 25.6 Å². The van der Waals surface area contributed by atoms with E-state index in [4.69, 9.17) is 4.74 Å². The molecule has 0 amide bonds. The maximum Gasteiger partial charge on any atom is 0.266 e. The van der Waals surface area contributed by atoms with E-state index in [2.05, 4.69) is 9.44 Å². The molecular weight excluding hydrogens is 486 g/mol. The number of benzene rings is 4. The topological polar surface area (TPSA) is 102 Å². The van der Waals surface area contributed by atoms with Crippen molar-refractivity contribution in [3.05, 3.63) is 90.5 Å². The van der Waals surface area contributed by atoms with Gasteiger partial charge in [0, 0.05) is 5.39 Å². The molecule has 0 aliphatic heterocycles. The first-order chi connectivity index (χ1) is 16.1. The van der Waals surface area contributed by atoms with Gasteiger partial charge in [-0.3, -0.25) is 9.44 Å². The van der Waals surface area contributed by atoms with Gasteiger partial charge < -0.3 is 4.74 Å². The summed E-state index contributed by atoms with van der Waals surface area (Å²) in [4.78, 5) is -0.499. The van der Waals surface area contributed by atoms with Crippen LogP contribution in [0.2, 0.25) is 0 Å². The molecule has 0 radical (unpaired) electrons. The summed E-state index contributed by atoms with van der Waals surface area (Å²) in [5.74, 6) is -1.53. The molecule has 4 rings (SSSR count). The Bertz CT molecular complexity index is 1610. The minimum absolute atomic E-state index is 0.0172. The van der Waals surface area contributed by atoms with E-state index in [1.165, 1.54) is 73.8 Å². The Morgan fingerprint density at radius 2 is 1.26 bits per heavy atom. The molecule has 0 aliphatic rings. The highest BCUT2D eigenvalue weighted by Crippen LogP contribution is 2.35. The second-order valence-electron chi connectivity index (χ2n) is 7.15. The van der Waals surface area contributed by atoms with Gasteiger partial charge in [0.15, 0.2) is 0 Å². The van der Waals surface area contributed by atoms with Gasteiger partial charge in [-0.1, -0.05) is 36.4 Å². The molecule has 0 spiro atoms. The van der Waals surface area contributed by atoms with Crippen LogP contribution in [0.15, 0.2) is 88.7 Å². The second kappa shape index (κ2) is 8.92. The molecule has 11 heteroatoms. The summed E-state index contributed by atoms with van der Waals surface area (Å²) in [5.41, 5.74) is -0.482. The highest BCUT2D eigenvalue weighted by atomic mass is 32.2. The van der Waals surface area contributed by atoms with Crippen LogP contribution in [0.5, 0.6) is 5.75 Å². The molecule has 0 saturated heterocycles. The van der Waals surface area contributed by atoms with Crippen molar-refractivity contribution in [1.82, 2.24) is 0 Å². The summed E-state index contributed by atoms with van der Waals surface area (Å²) >= 11 is 0. The van der Waals surface area contributed by atoms with E-state index in [1.807, 2.05) is 0 Å². The van der Waals surface area contributed by atoms with Crippen LogP contribution in [-0.2, 0) is 20.0 Å². The lowest BCUT2D eigenvalue weighted by Gasteiger charge is -2.15. The zero-order chi connectivity index (χ0) is 24.5. The fraction of sp³-hybridized carbons (Fsp3) is 0.0435. The molecule has 0 bridgehead atoms. The first kappa shape index (κ1) is 23.5. The van der Waals surface area contributed by atoms with Crippen molar-refractivity contribution < 1.29 is 30.4 Å². The smallest absolute Gasteiger partial charge is 0.266 e. The molecule has 0 aromatic heterocycles. The Labute approximate surface area is 195 Å². The Kier molecular flexibility index (Phi) is 6.15. The van der Waals surface area contributed by atoms with E-state index in [-0.39, 0.29) is 37.7 Å². The Balaban J connectivity index is 1.80. The van der Waals surface area contributed by atoms with Crippen LogP contribution < -0.4 is 14.2 Å². The molecule has 0 unspecified atom stereocenters. The molecule has 0 heterocycles. The number of para-hydroxylation sites is 2. The third-order valence-electron chi connectivity index (χ3n) is 4.94. The summed E-state index contributed by atoms with van der Waals surface area (Å²) in [6, 6.07) is 17.1. The van der Waals surface area contributed by atoms with Crippen molar-refractivity contribution in [2.45, 2.75) is 9.79 Å². The van der Waals surface area contributed by atoms with Crippen LogP contribution in [-0.4, -0.2) is 23.9 Å². The van der Waals surface area contributed by atoms with Crippen molar-refractivity contribution in [3.8, 4) is 5.75 Å². The van der Waals surface area contributed by atoms with Gasteiger partial charge in [0.25, 0.3) is 20.0 Å². The molecule has 0 saturated carbocycles. The predicted molar refractivity (Wildman–Crippen MR) is 125 cm³/mol. The lowest BCUT2D eigenvalue weighted by molar-refractivity contribution is 0.404.